The molecular formula is C9H15NO. The van der Waals surface area contributed by atoms with Crippen molar-refractivity contribution in [1.29, 1.82) is 0 Å². The maximum atomic E-state index is 9.02. The molecule has 0 aliphatic carbocycles. The SMILES string of the molecule is C=C/C=C(O)\C=C/CCCN. The van der Waals surface area contributed by atoms with E-state index >= 15 is 0 Å². The molecule has 0 saturated heterocycles. The van der Waals surface area contributed by atoms with E-state index in [4.69, 9.17) is 10.8 Å². The van der Waals surface area contributed by atoms with Gasteiger partial charge in [0.1, 0.15) is 5.76 Å². The molecule has 11 heavy (non-hydrogen) atoms. The summed E-state index contributed by atoms with van der Waals surface area (Å²) < 4.78 is 0. The second-order valence-electron chi connectivity index (χ2n) is 2.16. The fourth-order valence-electron chi connectivity index (χ4n) is 0.616. The number of unbranched alkanes of at least 4 members (excludes halogenated alkanes) is 1. The van der Waals surface area contributed by atoms with Crippen molar-refractivity contribution in [3.05, 3.63) is 36.6 Å². The molecule has 0 saturated carbocycles. The second-order valence-corrected chi connectivity index (χ2v) is 2.16. The number of aliphatic hydroxyl groups excluding tert-OH is 1. The second kappa shape index (κ2) is 7.09. The lowest BCUT2D eigenvalue weighted by molar-refractivity contribution is 0.432. The zero-order valence-corrected chi connectivity index (χ0v) is 6.66. The van der Waals surface area contributed by atoms with Gasteiger partial charge in [0.15, 0.2) is 0 Å². The standard InChI is InChI=1S/C9H15NO/c1-2-6-9(11)7-4-3-5-8-10/h2,4,6-7,11H,1,3,5,8,10H2/b7-4-,9-6+. The first-order valence-corrected chi connectivity index (χ1v) is 3.69. The molecule has 0 amide bonds. The first-order valence-electron chi connectivity index (χ1n) is 3.69. The number of rotatable bonds is 5. The van der Waals surface area contributed by atoms with Crippen molar-refractivity contribution in [2.45, 2.75) is 12.8 Å². The van der Waals surface area contributed by atoms with Gasteiger partial charge in [-0.1, -0.05) is 18.7 Å². The van der Waals surface area contributed by atoms with Gasteiger partial charge in [-0.25, -0.2) is 0 Å². The molecule has 2 heteroatoms. The molecule has 0 bridgehead atoms. The number of aliphatic hydroxyl groups is 1. The highest BCUT2D eigenvalue weighted by Gasteiger charge is 1.81. The highest BCUT2D eigenvalue weighted by Crippen LogP contribution is 1.94. The molecule has 2 nitrogen and oxygen atoms in total. The van der Waals surface area contributed by atoms with Crippen molar-refractivity contribution in [2.75, 3.05) is 6.54 Å². The third kappa shape index (κ3) is 6.87. The van der Waals surface area contributed by atoms with E-state index in [1.165, 1.54) is 0 Å². The number of hydrogen-bond donors (Lipinski definition) is 2. The Morgan fingerprint density at radius 1 is 1.55 bits per heavy atom. The van der Waals surface area contributed by atoms with Crippen LogP contribution in [-0.4, -0.2) is 11.7 Å². The maximum absolute atomic E-state index is 9.02. The molecule has 3 N–H and O–H groups in total. The summed E-state index contributed by atoms with van der Waals surface area (Å²) in [5.41, 5.74) is 5.28. The van der Waals surface area contributed by atoms with Crippen molar-refractivity contribution >= 4 is 0 Å². The number of allylic oxidation sites excluding steroid dienone is 4. The highest BCUT2D eigenvalue weighted by atomic mass is 16.3. The average Bonchev–Trinajstić information content (AvgIpc) is 1.99. The van der Waals surface area contributed by atoms with Crippen LogP contribution in [0.2, 0.25) is 0 Å². The Hall–Kier alpha value is -1.02. The minimum absolute atomic E-state index is 0.233. The summed E-state index contributed by atoms with van der Waals surface area (Å²) in [6.07, 6.45) is 8.49. The summed E-state index contributed by atoms with van der Waals surface area (Å²) in [4.78, 5) is 0. The first-order chi connectivity index (χ1) is 5.31. The van der Waals surface area contributed by atoms with E-state index in [1.807, 2.05) is 6.08 Å². The minimum Gasteiger partial charge on any atom is -0.508 e. The van der Waals surface area contributed by atoms with Crippen molar-refractivity contribution in [2.24, 2.45) is 5.73 Å². The van der Waals surface area contributed by atoms with Crippen LogP contribution in [0.25, 0.3) is 0 Å². The lowest BCUT2D eigenvalue weighted by Crippen LogP contribution is -1.96. The van der Waals surface area contributed by atoms with Gasteiger partial charge in [-0.15, -0.1) is 0 Å². The summed E-state index contributed by atoms with van der Waals surface area (Å²) in [7, 11) is 0. The molecule has 62 valence electrons. The fourth-order valence-corrected chi connectivity index (χ4v) is 0.616. The van der Waals surface area contributed by atoms with E-state index in [0.717, 1.165) is 12.8 Å². The lowest BCUT2D eigenvalue weighted by Gasteiger charge is -1.89. The Labute approximate surface area is 67.7 Å². The molecule has 0 aliphatic heterocycles. The van der Waals surface area contributed by atoms with Crippen LogP contribution >= 0.6 is 0 Å². The van der Waals surface area contributed by atoms with Gasteiger partial charge in [0, 0.05) is 0 Å². The van der Waals surface area contributed by atoms with Gasteiger partial charge in [-0.3, -0.25) is 0 Å². The van der Waals surface area contributed by atoms with Crippen LogP contribution in [0.3, 0.4) is 0 Å². The van der Waals surface area contributed by atoms with E-state index in [2.05, 4.69) is 6.58 Å². The predicted octanol–water partition coefficient (Wildman–Crippen LogP) is 1.91. The number of nitrogens with two attached hydrogens (primary N) is 1. The van der Waals surface area contributed by atoms with Crippen molar-refractivity contribution in [3.63, 3.8) is 0 Å². The molecule has 0 atom stereocenters. The van der Waals surface area contributed by atoms with Gasteiger partial charge >= 0.3 is 0 Å². The quantitative estimate of drug-likeness (QED) is 0.360. The molecule has 0 aromatic carbocycles. The van der Waals surface area contributed by atoms with Gasteiger partial charge in [0.25, 0.3) is 0 Å². The average molecular weight is 153 g/mol. The van der Waals surface area contributed by atoms with Gasteiger partial charge in [-0.05, 0) is 31.5 Å². The molecular weight excluding hydrogens is 138 g/mol. The normalized spacial score (nSPS) is 12.3. The molecule has 0 fully saturated rings. The van der Waals surface area contributed by atoms with Crippen LogP contribution in [0.1, 0.15) is 12.8 Å². The summed E-state index contributed by atoms with van der Waals surface area (Å²) in [5.74, 6) is 0.233. The van der Waals surface area contributed by atoms with E-state index < -0.39 is 0 Å². The minimum atomic E-state index is 0.233. The lowest BCUT2D eigenvalue weighted by atomic mass is 10.3. The summed E-state index contributed by atoms with van der Waals surface area (Å²) in [6.45, 7) is 4.15. The molecule has 0 aromatic heterocycles. The fraction of sp³-hybridized carbons (Fsp3) is 0.333. The molecule has 0 unspecified atom stereocenters. The monoisotopic (exact) mass is 153 g/mol. The largest absolute Gasteiger partial charge is 0.508 e. The van der Waals surface area contributed by atoms with Gasteiger partial charge in [-0.2, -0.15) is 0 Å². The zero-order chi connectivity index (χ0) is 8.53. The molecule has 0 aliphatic rings. The van der Waals surface area contributed by atoms with E-state index in [9.17, 15) is 0 Å². The summed E-state index contributed by atoms with van der Waals surface area (Å²) in [6, 6.07) is 0. The van der Waals surface area contributed by atoms with E-state index in [-0.39, 0.29) is 5.76 Å². The highest BCUT2D eigenvalue weighted by molar-refractivity contribution is 5.15. The Morgan fingerprint density at radius 3 is 2.82 bits per heavy atom. The van der Waals surface area contributed by atoms with E-state index in [0.29, 0.717) is 6.54 Å². The van der Waals surface area contributed by atoms with Crippen LogP contribution in [0.15, 0.2) is 36.6 Å². The van der Waals surface area contributed by atoms with Crippen molar-refractivity contribution in [3.8, 4) is 0 Å². The predicted molar refractivity (Wildman–Crippen MR) is 48.3 cm³/mol. The maximum Gasteiger partial charge on any atom is 0.115 e. The molecule has 0 aromatic rings. The van der Waals surface area contributed by atoms with Gasteiger partial charge < -0.3 is 10.8 Å². The summed E-state index contributed by atoms with van der Waals surface area (Å²) in [5, 5.41) is 9.02. The molecule has 0 rings (SSSR count). The Bertz CT molecular complexity index is 159. The van der Waals surface area contributed by atoms with Gasteiger partial charge in [0.05, 0.1) is 0 Å². The first kappa shape index (κ1) is 9.98. The van der Waals surface area contributed by atoms with Crippen molar-refractivity contribution < 1.29 is 5.11 Å². The summed E-state index contributed by atoms with van der Waals surface area (Å²) >= 11 is 0. The van der Waals surface area contributed by atoms with Gasteiger partial charge in [0.2, 0.25) is 0 Å². The molecule has 0 spiro atoms. The van der Waals surface area contributed by atoms with Crippen LogP contribution in [-0.2, 0) is 0 Å². The smallest absolute Gasteiger partial charge is 0.115 e. The van der Waals surface area contributed by atoms with Crippen molar-refractivity contribution in [1.82, 2.24) is 0 Å². The van der Waals surface area contributed by atoms with Crippen LogP contribution in [0.4, 0.5) is 0 Å². The van der Waals surface area contributed by atoms with Crippen LogP contribution in [0, 0.1) is 0 Å². The van der Waals surface area contributed by atoms with Crippen LogP contribution < -0.4 is 5.73 Å². The third-order valence-corrected chi connectivity index (χ3v) is 1.15. The Balaban J connectivity index is 3.56. The Morgan fingerprint density at radius 2 is 2.27 bits per heavy atom. The topological polar surface area (TPSA) is 46.2 Å². The number of hydrogen-bond acceptors (Lipinski definition) is 2. The Kier molecular flexibility index (Phi) is 6.43. The molecule has 0 heterocycles. The van der Waals surface area contributed by atoms with Crippen LogP contribution in [0.5, 0.6) is 0 Å². The zero-order valence-electron chi connectivity index (χ0n) is 6.66. The third-order valence-electron chi connectivity index (χ3n) is 1.15. The van der Waals surface area contributed by atoms with E-state index in [1.54, 1.807) is 18.2 Å². The molecule has 0 radical (unpaired) electrons.